The molecule has 1 saturated carbocycles. The summed E-state index contributed by atoms with van der Waals surface area (Å²) in [4.78, 5) is 15.1. The molecule has 27 heavy (non-hydrogen) atoms. The van der Waals surface area contributed by atoms with Crippen molar-refractivity contribution in [3.8, 4) is 5.69 Å². The molecule has 1 amide bonds. The highest BCUT2D eigenvalue weighted by Crippen LogP contribution is 2.45. The number of likely N-dealkylation sites (N-methyl/N-ethyl adjacent to an activating group) is 1. The fourth-order valence-electron chi connectivity index (χ4n) is 3.82. The molecule has 0 unspecified atom stereocenters. The maximum atomic E-state index is 13.3. The van der Waals surface area contributed by atoms with E-state index in [0.717, 1.165) is 36.1 Å². The number of halogens is 1. The first-order chi connectivity index (χ1) is 13.1. The molecule has 2 aromatic carbocycles. The van der Waals surface area contributed by atoms with E-state index in [-0.39, 0.29) is 5.91 Å². The molecule has 4 nitrogen and oxygen atoms in total. The van der Waals surface area contributed by atoms with Gasteiger partial charge >= 0.3 is 0 Å². The number of benzene rings is 2. The van der Waals surface area contributed by atoms with Gasteiger partial charge in [-0.2, -0.15) is 5.10 Å². The van der Waals surface area contributed by atoms with E-state index in [2.05, 4.69) is 5.10 Å². The van der Waals surface area contributed by atoms with Crippen molar-refractivity contribution in [2.24, 2.45) is 0 Å². The minimum Gasteiger partial charge on any atom is -0.341 e. The van der Waals surface area contributed by atoms with Crippen LogP contribution in [0.25, 0.3) is 5.69 Å². The van der Waals surface area contributed by atoms with Crippen LogP contribution < -0.4 is 0 Å². The molecular formula is C22H22ClN3O. The van der Waals surface area contributed by atoms with Crippen LogP contribution in [0.15, 0.2) is 67.0 Å². The van der Waals surface area contributed by atoms with Crippen LogP contribution in [0, 0.1) is 0 Å². The van der Waals surface area contributed by atoms with Crippen molar-refractivity contribution < 1.29 is 4.79 Å². The van der Waals surface area contributed by atoms with Crippen LogP contribution in [0.3, 0.4) is 0 Å². The fraction of sp³-hybridized carbons (Fsp3) is 0.273. The number of carbonyl (C=O) groups excluding carboxylic acids is 1. The van der Waals surface area contributed by atoms with Crippen LogP contribution >= 0.6 is 11.6 Å². The van der Waals surface area contributed by atoms with Crippen LogP contribution in [0.1, 0.15) is 30.4 Å². The Kier molecular flexibility index (Phi) is 4.75. The van der Waals surface area contributed by atoms with Crippen LogP contribution in [0.2, 0.25) is 5.02 Å². The largest absolute Gasteiger partial charge is 0.341 e. The normalized spacial score (nSPS) is 15.2. The quantitative estimate of drug-likeness (QED) is 0.649. The first-order valence-corrected chi connectivity index (χ1v) is 9.57. The number of nitrogens with zero attached hydrogens (tertiary/aromatic N) is 3. The number of rotatable bonds is 5. The van der Waals surface area contributed by atoms with E-state index in [1.807, 2.05) is 83.6 Å². The summed E-state index contributed by atoms with van der Waals surface area (Å²) in [5.41, 5.74) is 2.61. The SMILES string of the molecule is CN(Cc1cnn(-c2ccccc2)c1)C(=O)C1(c2cccc(Cl)c2)CCC1. The van der Waals surface area contributed by atoms with Crippen molar-refractivity contribution >= 4 is 17.5 Å². The maximum absolute atomic E-state index is 13.3. The number of carbonyl (C=O) groups is 1. The molecule has 0 radical (unpaired) electrons. The minimum absolute atomic E-state index is 0.156. The minimum atomic E-state index is -0.435. The Balaban J connectivity index is 1.52. The van der Waals surface area contributed by atoms with Crippen LogP contribution in [0.4, 0.5) is 0 Å². The van der Waals surface area contributed by atoms with E-state index < -0.39 is 5.41 Å². The molecule has 0 aliphatic heterocycles. The van der Waals surface area contributed by atoms with Crippen molar-refractivity contribution in [3.05, 3.63) is 83.1 Å². The molecule has 1 fully saturated rings. The summed E-state index contributed by atoms with van der Waals surface area (Å²) in [6, 6.07) is 17.7. The zero-order valence-corrected chi connectivity index (χ0v) is 16.1. The molecule has 4 rings (SSSR count). The van der Waals surface area contributed by atoms with Gasteiger partial charge in [0.05, 0.1) is 17.3 Å². The van der Waals surface area contributed by atoms with Crippen molar-refractivity contribution in [2.75, 3.05) is 7.05 Å². The van der Waals surface area contributed by atoms with Gasteiger partial charge in [-0.05, 0) is 42.7 Å². The molecule has 1 aliphatic rings. The predicted octanol–water partition coefficient (Wildman–Crippen LogP) is 4.61. The summed E-state index contributed by atoms with van der Waals surface area (Å²) in [5, 5.41) is 5.11. The molecule has 1 aromatic heterocycles. The van der Waals surface area contributed by atoms with Gasteiger partial charge in [-0.1, -0.05) is 48.4 Å². The van der Waals surface area contributed by atoms with Gasteiger partial charge in [-0.15, -0.1) is 0 Å². The van der Waals surface area contributed by atoms with Gasteiger partial charge in [-0.3, -0.25) is 4.79 Å². The number of aromatic nitrogens is 2. The topological polar surface area (TPSA) is 38.1 Å². The molecule has 0 spiro atoms. The fourth-order valence-corrected chi connectivity index (χ4v) is 4.01. The molecule has 138 valence electrons. The summed E-state index contributed by atoms with van der Waals surface area (Å²) >= 11 is 6.17. The Morgan fingerprint density at radius 1 is 1.19 bits per heavy atom. The van der Waals surface area contributed by atoms with Gasteiger partial charge < -0.3 is 4.90 Å². The van der Waals surface area contributed by atoms with E-state index in [0.29, 0.717) is 11.6 Å². The van der Waals surface area contributed by atoms with Crippen LogP contribution in [-0.2, 0) is 16.8 Å². The molecule has 0 N–H and O–H groups in total. The molecule has 0 atom stereocenters. The Morgan fingerprint density at radius 2 is 1.96 bits per heavy atom. The van der Waals surface area contributed by atoms with Gasteiger partial charge in [0.25, 0.3) is 0 Å². The van der Waals surface area contributed by atoms with E-state index in [4.69, 9.17) is 11.6 Å². The summed E-state index contributed by atoms with van der Waals surface area (Å²) in [6.45, 7) is 0.536. The monoisotopic (exact) mass is 379 g/mol. The van der Waals surface area contributed by atoms with Gasteiger partial charge in [0.15, 0.2) is 0 Å². The van der Waals surface area contributed by atoms with Crippen LogP contribution in [0.5, 0.6) is 0 Å². The van der Waals surface area contributed by atoms with Crippen molar-refractivity contribution in [1.82, 2.24) is 14.7 Å². The molecule has 5 heteroatoms. The predicted molar refractivity (Wildman–Crippen MR) is 107 cm³/mol. The number of para-hydroxylation sites is 1. The van der Waals surface area contributed by atoms with E-state index >= 15 is 0 Å². The average Bonchev–Trinajstić information content (AvgIpc) is 3.10. The van der Waals surface area contributed by atoms with Gasteiger partial charge in [0, 0.05) is 30.4 Å². The third kappa shape index (κ3) is 3.37. The summed E-state index contributed by atoms with van der Waals surface area (Å²) in [6.07, 6.45) is 6.62. The Morgan fingerprint density at radius 3 is 2.63 bits per heavy atom. The summed E-state index contributed by atoms with van der Waals surface area (Å²) < 4.78 is 1.84. The highest BCUT2D eigenvalue weighted by molar-refractivity contribution is 6.30. The lowest BCUT2D eigenvalue weighted by molar-refractivity contribution is -0.140. The first-order valence-electron chi connectivity index (χ1n) is 9.19. The van der Waals surface area contributed by atoms with Crippen molar-refractivity contribution in [3.63, 3.8) is 0 Å². The Bertz CT molecular complexity index is 947. The number of hydrogen-bond donors (Lipinski definition) is 0. The second-order valence-corrected chi connectivity index (χ2v) is 7.67. The van der Waals surface area contributed by atoms with Crippen molar-refractivity contribution in [1.29, 1.82) is 0 Å². The second kappa shape index (κ2) is 7.20. The Labute approximate surface area is 164 Å². The van der Waals surface area contributed by atoms with E-state index in [9.17, 15) is 4.79 Å². The Hall–Kier alpha value is -2.59. The highest BCUT2D eigenvalue weighted by Gasteiger charge is 2.47. The second-order valence-electron chi connectivity index (χ2n) is 7.24. The third-order valence-electron chi connectivity index (χ3n) is 5.42. The molecule has 1 aliphatic carbocycles. The zero-order valence-electron chi connectivity index (χ0n) is 15.3. The third-order valence-corrected chi connectivity index (χ3v) is 5.65. The van der Waals surface area contributed by atoms with E-state index in [1.54, 1.807) is 0 Å². The van der Waals surface area contributed by atoms with Gasteiger partial charge in [0.2, 0.25) is 5.91 Å². The average molecular weight is 380 g/mol. The van der Waals surface area contributed by atoms with Crippen molar-refractivity contribution in [2.45, 2.75) is 31.2 Å². The lowest BCUT2D eigenvalue weighted by Gasteiger charge is -2.43. The lowest BCUT2D eigenvalue weighted by atomic mass is 9.63. The molecule has 0 bridgehead atoms. The summed E-state index contributed by atoms with van der Waals surface area (Å²) in [7, 11) is 1.87. The standard InChI is InChI=1S/C22H22ClN3O/c1-25(15-17-14-24-26(16-17)20-9-3-2-4-10-20)21(27)22(11-6-12-22)18-7-5-8-19(23)13-18/h2-5,7-10,13-14,16H,6,11-12,15H2,1H3. The number of amides is 1. The molecule has 3 aromatic rings. The van der Waals surface area contributed by atoms with Crippen LogP contribution in [-0.4, -0.2) is 27.6 Å². The smallest absolute Gasteiger partial charge is 0.233 e. The van der Waals surface area contributed by atoms with Gasteiger partial charge in [0.1, 0.15) is 0 Å². The maximum Gasteiger partial charge on any atom is 0.233 e. The zero-order chi connectivity index (χ0) is 18.9. The van der Waals surface area contributed by atoms with Gasteiger partial charge in [-0.25, -0.2) is 4.68 Å². The summed E-state index contributed by atoms with van der Waals surface area (Å²) in [5.74, 6) is 0.156. The van der Waals surface area contributed by atoms with E-state index in [1.165, 1.54) is 0 Å². The number of hydrogen-bond acceptors (Lipinski definition) is 2. The first kappa shape index (κ1) is 17.8. The molecular weight excluding hydrogens is 358 g/mol. The lowest BCUT2D eigenvalue weighted by Crippen LogP contribution is -2.49. The highest BCUT2D eigenvalue weighted by atomic mass is 35.5. The molecule has 0 saturated heterocycles. The molecule has 1 heterocycles.